The minimum absolute atomic E-state index is 0.136. The molecule has 0 heterocycles. The number of halogens is 2. The second-order valence-electron chi connectivity index (χ2n) is 6.42. The first-order valence-corrected chi connectivity index (χ1v) is 10.2. The lowest BCUT2D eigenvalue weighted by Crippen LogP contribution is -2.20. The van der Waals surface area contributed by atoms with Gasteiger partial charge in [0.1, 0.15) is 0 Å². The van der Waals surface area contributed by atoms with Crippen molar-refractivity contribution in [2.75, 3.05) is 23.8 Å². The van der Waals surface area contributed by atoms with Crippen molar-refractivity contribution in [2.45, 2.75) is 13.5 Å². The molecular formula is C23H22Cl2N2O3. The summed E-state index contributed by atoms with van der Waals surface area (Å²) in [7, 11) is 0. The molecule has 30 heavy (non-hydrogen) atoms. The first kappa shape index (κ1) is 21.8. The Kier molecular flexibility index (Phi) is 7.82. The summed E-state index contributed by atoms with van der Waals surface area (Å²) in [5.74, 6) is 0.822. The quantitative estimate of drug-likeness (QED) is 0.423. The molecule has 0 aromatic heterocycles. The molecule has 0 unspecified atom stereocenters. The van der Waals surface area contributed by atoms with Gasteiger partial charge in [-0.1, -0.05) is 35.3 Å². The van der Waals surface area contributed by atoms with E-state index in [1.165, 1.54) is 0 Å². The van der Waals surface area contributed by atoms with Crippen molar-refractivity contribution in [3.63, 3.8) is 0 Å². The number of nitrogens with one attached hydrogen (secondary N) is 2. The molecule has 7 heteroatoms. The number of hydrogen-bond donors (Lipinski definition) is 2. The van der Waals surface area contributed by atoms with Crippen LogP contribution in [0.1, 0.15) is 12.5 Å². The van der Waals surface area contributed by atoms with E-state index < -0.39 is 0 Å². The molecule has 0 saturated heterocycles. The van der Waals surface area contributed by atoms with Crippen LogP contribution in [0.15, 0.2) is 66.7 Å². The topological polar surface area (TPSA) is 59.6 Å². The molecule has 0 atom stereocenters. The molecule has 0 aliphatic rings. The Labute approximate surface area is 185 Å². The zero-order chi connectivity index (χ0) is 21.3. The van der Waals surface area contributed by atoms with Crippen molar-refractivity contribution in [3.8, 4) is 11.5 Å². The van der Waals surface area contributed by atoms with Gasteiger partial charge in [-0.3, -0.25) is 4.79 Å². The second kappa shape index (κ2) is 10.8. The van der Waals surface area contributed by atoms with Gasteiger partial charge in [-0.15, -0.1) is 0 Å². The van der Waals surface area contributed by atoms with Crippen molar-refractivity contribution in [1.82, 2.24) is 0 Å². The van der Waals surface area contributed by atoms with E-state index in [4.69, 9.17) is 32.7 Å². The maximum atomic E-state index is 12.2. The zero-order valence-electron chi connectivity index (χ0n) is 16.5. The standard InChI is InChI=1S/C23H22Cl2N2O3/c1-2-29-22-12-16(14-26-20-5-3-4-18(25)13-20)6-11-21(22)30-15-23(28)27-19-9-7-17(24)8-10-19/h3-13,26H,2,14-15H2,1H3,(H,27,28). The number of hydrogen-bond acceptors (Lipinski definition) is 4. The van der Waals surface area contributed by atoms with Gasteiger partial charge in [-0.2, -0.15) is 0 Å². The lowest BCUT2D eigenvalue weighted by molar-refractivity contribution is -0.118. The number of carbonyl (C=O) groups is 1. The van der Waals surface area contributed by atoms with Gasteiger partial charge >= 0.3 is 0 Å². The summed E-state index contributed by atoms with van der Waals surface area (Å²) in [6.45, 7) is 2.84. The van der Waals surface area contributed by atoms with Gasteiger partial charge in [0.05, 0.1) is 6.61 Å². The van der Waals surface area contributed by atoms with Crippen molar-refractivity contribution >= 4 is 40.5 Å². The Morgan fingerprint density at radius 1 is 0.867 bits per heavy atom. The van der Waals surface area contributed by atoms with Crippen LogP contribution in [-0.4, -0.2) is 19.1 Å². The van der Waals surface area contributed by atoms with Crippen molar-refractivity contribution < 1.29 is 14.3 Å². The maximum Gasteiger partial charge on any atom is 0.262 e. The molecule has 1 amide bonds. The third kappa shape index (κ3) is 6.58. The molecule has 3 aromatic carbocycles. The number of amides is 1. The summed E-state index contributed by atoms with van der Waals surface area (Å²) in [5.41, 5.74) is 2.59. The molecule has 0 fully saturated rings. The van der Waals surface area contributed by atoms with E-state index in [1.807, 2.05) is 43.3 Å². The van der Waals surface area contributed by atoms with Crippen molar-refractivity contribution in [2.24, 2.45) is 0 Å². The first-order chi connectivity index (χ1) is 14.5. The van der Waals surface area contributed by atoms with Crippen LogP contribution in [0.25, 0.3) is 0 Å². The van der Waals surface area contributed by atoms with E-state index in [2.05, 4.69) is 10.6 Å². The van der Waals surface area contributed by atoms with Gasteiger partial charge in [-0.25, -0.2) is 0 Å². The first-order valence-electron chi connectivity index (χ1n) is 9.47. The van der Waals surface area contributed by atoms with Gasteiger partial charge in [0.2, 0.25) is 0 Å². The number of ether oxygens (including phenoxy) is 2. The van der Waals surface area contributed by atoms with Gasteiger partial charge in [0, 0.05) is 28.0 Å². The van der Waals surface area contributed by atoms with Crippen LogP contribution in [0.2, 0.25) is 10.0 Å². The van der Waals surface area contributed by atoms with Crippen LogP contribution >= 0.6 is 23.2 Å². The lowest BCUT2D eigenvalue weighted by atomic mass is 10.2. The molecular weight excluding hydrogens is 423 g/mol. The average Bonchev–Trinajstić information content (AvgIpc) is 2.73. The number of carbonyl (C=O) groups excluding carboxylic acids is 1. The average molecular weight is 445 g/mol. The summed E-state index contributed by atoms with van der Waals surface area (Å²) in [6, 6.07) is 20.0. The van der Waals surface area contributed by atoms with Crippen LogP contribution in [0, 0.1) is 0 Å². The molecule has 5 nitrogen and oxygen atoms in total. The Hall–Kier alpha value is -2.89. The second-order valence-corrected chi connectivity index (χ2v) is 7.29. The number of anilines is 2. The monoisotopic (exact) mass is 444 g/mol. The third-order valence-electron chi connectivity index (χ3n) is 4.12. The van der Waals surface area contributed by atoms with Gasteiger partial charge < -0.3 is 20.1 Å². The van der Waals surface area contributed by atoms with Crippen molar-refractivity contribution in [1.29, 1.82) is 0 Å². The summed E-state index contributed by atoms with van der Waals surface area (Å²) in [5, 5.41) is 7.36. The van der Waals surface area contributed by atoms with Crippen LogP contribution in [0.4, 0.5) is 11.4 Å². The highest BCUT2D eigenvalue weighted by Crippen LogP contribution is 2.29. The van der Waals surface area contributed by atoms with Gasteiger partial charge in [0.25, 0.3) is 5.91 Å². The lowest BCUT2D eigenvalue weighted by Gasteiger charge is -2.14. The van der Waals surface area contributed by atoms with Crippen LogP contribution < -0.4 is 20.1 Å². The minimum Gasteiger partial charge on any atom is -0.490 e. The predicted octanol–water partition coefficient (Wildman–Crippen LogP) is 6.02. The van der Waals surface area contributed by atoms with E-state index in [1.54, 1.807) is 30.3 Å². The van der Waals surface area contributed by atoms with E-state index in [0.29, 0.717) is 40.4 Å². The van der Waals surface area contributed by atoms with Gasteiger partial charge in [0.15, 0.2) is 18.1 Å². The highest BCUT2D eigenvalue weighted by atomic mass is 35.5. The minimum atomic E-state index is -0.272. The Morgan fingerprint density at radius 2 is 1.67 bits per heavy atom. The van der Waals surface area contributed by atoms with E-state index in [9.17, 15) is 4.79 Å². The molecule has 0 aliphatic heterocycles. The fourth-order valence-corrected chi connectivity index (χ4v) is 3.04. The van der Waals surface area contributed by atoms with Crippen LogP contribution in [0.5, 0.6) is 11.5 Å². The highest BCUT2D eigenvalue weighted by molar-refractivity contribution is 6.31. The SMILES string of the molecule is CCOc1cc(CNc2cccc(Cl)c2)ccc1OCC(=O)Nc1ccc(Cl)cc1. The summed E-state index contributed by atoms with van der Waals surface area (Å²) >= 11 is 11.9. The van der Waals surface area contributed by atoms with E-state index in [-0.39, 0.29) is 12.5 Å². The van der Waals surface area contributed by atoms with Crippen molar-refractivity contribution in [3.05, 3.63) is 82.3 Å². The summed E-state index contributed by atoms with van der Waals surface area (Å²) < 4.78 is 11.4. The molecule has 2 N–H and O–H groups in total. The Morgan fingerprint density at radius 3 is 2.40 bits per heavy atom. The molecule has 3 rings (SSSR count). The number of benzene rings is 3. The Bertz CT molecular complexity index is 994. The highest BCUT2D eigenvalue weighted by Gasteiger charge is 2.10. The predicted molar refractivity (Wildman–Crippen MR) is 122 cm³/mol. The third-order valence-corrected chi connectivity index (χ3v) is 4.60. The summed E-state index contributed by atoms with van der Waals surface area (Å²) in [4.78, 5) is 12.2. The fraction of sp³-hybridized carbons (Fsp3) is 0.174. The maximum absolute atomic E-state index is 12.2. The van der Waals surface area contributed by atoms with E-state index >= 15 is 0 Å². The normalized spacial score (nSPS) is 10.4. The van der Waals surface area contributed by atoms with Gasteiger partial charge in [-0.05, 0) is 67.1 Å². The smallest absolute Gasteiger partial charge is 0.262 e. The Balaban J connectivity index is 1.59. The molecule has 3 aromatic rings. The van der Waals surface area contributed by atoms with Crippen LogP contribution in [-0.2, 0) is 11.3 Å². The number of rotatable bonds is 9. The molecule has 0 radical (unpaired) electrons. The zero-order valence-corrected chi connectivity index (χ0v) is 18.0. The van der Waals surface area contributed by atoms with Crippen LogP contribution in [0.3, 0.4) is 0 Å². The summed E-state index contributed by atoms with van der Waals surface area (Å²) in [6.07, 6.45) is 0. The molecule has 0 spiro atoms. The van der Waals surface area contributed by atoms with E-state index in [0.717, 1.165) is 11.3 Å². The molecule has 0 bridgehead atoms. The molecule has 0 aliphatic carbocycles. The molecule has 156 valence electrons. The molecule has 0 saturated carbocycles. The largest absolute Gasteiger partial charge is 0.490 e. The fourth-order valence-electron chi connectivity index (χ4n) is 2.73.